The van der Waals surface area contributed by atoms with Gasteiger partial charge in [0.15, 0.2) is 0 Å². The molecule has 1 rings (SSSR count). The first kappa shape index (κ1) is 12.3. The molecule has 1 N–H and O–H groups in total. The molecule has 0 radical (unpaired) electrons. The topological polar surface area (TPSA) is 32.3 Å². The van der Waals surface area contributed by atoms with Crippen LogP contribution in [-0.2, 0) is 4.79 Å². The largest absolute Gasteiger partial charge is 0.354 e. The highest BCUT2D eigenvalue weighted by atomic mass is 79.9. The van der Waals surface area contributed by atoms with Gasteiger partial charge in [0.2, 0.25) is 5.91 Å². The van der Waals surface area contributed by atoms with Gasteiger partial charge in [0, 0.05) is 37.7 Å². The minimum Gasteiger partial charge on any atom is -0.354 e. The molecule has 82 valence electrons. The smallest absolute Gasteiger partial charge is 0.233 e. The Labute approximate surface area is 98.1 Å². The summed E-state index contributed by atoms with van der Waals surface area (Å²) < 4.78 is 0. The first-order chi connectivity index (χ1) is 6.70. The summed E-state index contributed by atoms with van der Waals surface area (Å²) in [5.41, 5.74) is 0. The predicted molar refractivity (Wildman–Crippen MR) is 65.2 cm³/mol. The van der Waals surface area contributed by atoms with E-state index in [0.29, 0.717) is 0 Å². The molecular weight excluding hydrogens is 264 g/mol. The van der Waals surface area contributed by atoms with Crippen molar-refractivity contribution in [2.45, 2.75) is 11.8 Å². The molecule has 0 aliphatic carbocycles. The van der Waals surface area contributed by atoms with E-state index in [2.05, 4.69) is 26.1 Å². The average Bonchev–Trinajstić information content (AvgIpc) is 2.19. The van der Waals surface area contributed by atoms with Crippen LogP contribution in [-0.4, -0.2) is 53.3 Å². The Balaban J connectivity index is 2.05. The van der Waals surface area contributed by atoms with Crippen molar-refractivity contribution in [2.75, 3.05) is 37.7 Å². The van der Waals surface area contributed by atoms with Gasteiger partial charge in [-0.15, -0.1) is 0 Å². The van der Waals surface area contributed by atoms with E-state index in [1.807, 2.05) is 18.7 Å². The summed E-state index contributed by atoms with van der Waals surface area (Å²) in [6.07, 6.45) is 0. The molecule has 1 aliphatic rings. The lowest BCUT2D eigenvalue weighted by Gasteiger charge is -2.26. The molecule has 1 atom stereocenters. The third kappa shape index (κ3) is 4.66. The Kier molecular flexibility index (Phi) is 5.89. The van der Waals surface area contributed by atoms with Crippen molar-refractivity contribution in [2.24, 2.45) is 0 Å². The molecule has 1 saturated heterocycles. The quantitative estimate of drug-likeness (QED) is 0.778. The molecule has 1 aliphatic heterocycles. The molecule has 0 bridgehead atoms. The zero-order valence-corrected chi connectivity index (χ0v) is 10.9. The second-order valence-corrected chi connectivity index (χ2v) is 5.96. The maximum Gasteiger partial charge on any atom is 0.233 e. The highest BCUT2D eigenvalue weighted by Gasteiger charge is 2.11. The van der Waals surface area contributed by atoms with E-state index in [4.69, 9.17) is 0 Å². The van der Waals surface area contributed by atoms with Crippen LogP contribution in [0.25, 0.3) is 0 Å². The van der Waals surface area contributed by atoms with Crippen molar-refractivity contribution in [3.63, 3.8) is 0 Å². The number of hydrogen-bond acceptors (Lipinski definition) is 3. The Morgan fingerprint density at radius 1 is 1.57 bits per heavy atom. The van der Waals surface area contributed by atoms with Gasteiger partial charge < -0.3 is 5.32 Å². The third-order valence-corrected chi connectivity index (χ3v) is 3.55. The molecule has 1 unspecified atom stereocenters. The molecule has 0 aromatic carbocycles. The minimum absolute atomic E-state index is 0.0800. The molecule has 0 spiro atoms. The van der Waals surface area contributed by atoms with Crippen molar-refractivity contribution in [3.05, 3.63) is 0 Å². The predicted octanol–water partition coefficient (Wildman–Crippen LogP) is 0.935. The fraction of sp³-hybridized carbons (Fsp3) is 0.889. The van der Waals surface area contributed by atoms with Crippen LogP contribution in [0.3, 0.4) is 0 Å². The first-order valence-corrected chi connectivity index (χ1v) is 6.99. The summed E-state index contributed by atoms with van der Waals surface area (Å²) in [6, 6.07) is 0. The van der Waals surface area contributed by atoms with Crippen LogP contribution >= 0.6 is 27.7 Å². The van der Waals surface area contributed by atoms with Gasteiger partial charge in [-0.05, 0) is 6.92 Å². The van der Waals surface area contributed by atoms with Crippen LogP contribution in [0.15, 0.2) is 0 Å². The lowest BCUT2D eigenvalue weighted by atomic mass is 10.4. The Morgan fingerprint density at radius 2 is 2.21 bits per heavy atom. The molecule has 0 saturated carbocycles. The standard InChI is InChI=1S/C9H17BrN2OS/c1-8(10)9(13)11-2-3-12-4-6-14-7-5-12/h8H,2-7H2,1H3,(H,11,13). The Morgan fingerprint density at radius 3 is 2.79 bits per heavy atom. The molecule has 5 heteroatoms. The van der Waals surface area contributed by atoms with E-state index >= 15 is 0 Å². The number of hydrogen-bond donors (Lipinski definition) is 1. The van der Waals surface area contributed by atoms with E-state index in [9.17, 15) is 4.79 Å². The maximum absolute atomic E-state index is 11.2. The van der Waals surface area contributed by atoms with E-state index < -0.39 is 0 Å². The number of nitrogens with zero attached hydrogens (tertiary/aromatic N) is 1. The summed E-state index contributed by atoms with van der Waals surface area (Å²) in [7, 11) is 0. The van der Waals surface area contributed by atoms with Crippen molar-refractivity contribution in [1.82, 2.24) is 10.2 Å². The highest BCUT2D eigenvalue weighted by molar-refractivity contribution is 9.10. The number of nitrogens with one attached hydrogen (secondary N) is 1. The Bertz CT molecular complexity index is 184. The summed E-state index contributed by atoms with van der Waals surface area (Å²) in [5.74, 6) is 2.53. The summed E-state index contributed by atoms with van der Waals surface area (Å²) in [4.78, 5) is 13.5. The summed E-state index contributed by atoms with van der Waals surface area (Å²) in [5, 5.41) is 2.90. The van der Waals surface area contributed by atoms with E-state index in [1.54, 1.807) is 0 Å². The van der Waals surface area contributed by atoms with Gasteiger partial charge in [0.25, 0.3) is 0 Å². The fourth-order valence-corrected chi connectivity index (χ4v) is 2.44. The van der Waals surface area contributed by atoms with Crippen LogP contribution in [0.4, 0.5) is 0 Å². The molecule has 1 fully saturated rings. The fourth-order valence-electron chi connectivity index (χ4n) is 1.30. The number of carbonyl (C=O) groups excluding carboxylic acids is 1. The number of alkyl halides is 1. The van der Waals surface area contributed by atoms with Crippen molar-refractivity contribution in [3.8, 4) is 0 Å². The van der Waals surface area contributed by atoms with Gasteiger partial charge in [0.05, 0.1) is 4.83 Å². The second kappa shape index (κ2) is 6.69. The lowest BCUT2D eigenvalue weighted by Crippen LogP contribution is -2.40. The lowest BCUT2D eigenvalue weighted by molar-refractivity contribution is -0.120. The van der Waals surface area contributed by atoms with Crippen LogP contribution < -0.4 is 5.32 Å². The number of amides is 1. The monoisotopic (exact) mass is 280 g/mol. The van der Waals surface area contributed by atoms with Gasteiger partial charge >= 0.3 is 0 Å². The zero-order chi connectivity index (χ0) is 10.4. The molecule has 0 aromatic heterocycles. The molecule has 3 nitrogen and oxygen atoms in total. The average molecular weight is 281 g/mol. The van der Waals surface area contributed by atoms with E-state index in [1.165, 1.54) is 11.5 Å². The van der Waals surface area contributed by atoms with Crippen molar-refractivity contribution < 1.29 is 4.79 Å². The van der Waals surface area contributed by atoms with Crippen molar-refractivity contribution >= 4 is 33.6 Å². The van der Waals surface area contributed by atoms with Crippen molar-refractivity contribution in [1.29, 1.82) is 0 Å². The van der Waals surface area contributed by atoms with Crippen LogP contribution in [0.1, 0.15) is 6.92 Å². The molecule has 0 aromatic rings. The minimum atomic E-state index is -0.0839. The number of rotatable bonds is 4. The molecular formula is C9H17BrN2OS. The molecule has 1 heterocycles. The first-order valence-electron chi connectivity index (χ1n) is 4.92. The van der Waals surface area contributed by atoms with Gasteiger partial charge in [-0.25, -0.2) is 0 Å². The van der Waals surface area contributed by atoms with E-state index in [0.717, 1.165) is 26.2 Å². The van der Waals surface area contributed by atoms with Crippen LogP contribution in [0.5, 0.6) is 0 Å². The third-order valence-electron chi connectivity index (χ3n) is 2.19. The zero-order valence-electron chi connectivity index (χ0n) is 8.46. The van der Waals surface area contributed by atoms with Gasteiger partial charge in [0.1, 0.15) is 0 Å². The number of carbonyl (C=O) groups is 1. The van der Waals surface area contributed by atoms with Gasteiger partial charge in [-0.3, -0.25) is 9.69 Å². The second-order valence-electron chi connectivity index (χ2n) is 3.36. The SMILES string of the molecule is CC(Br)C(=O)NCCN1CCSCC1. The normalized spacial score (nSPS) is 20.4. The highest BCUT2D eigenvalue weighted by Crippen LogP contribution is 2.07. The molecule has 1 amide bonds. The van der Waals surface area contributed by atoms with Crippen LogP contribution in [0.2, 0.25) is 0 Å². The van der Waals surface area contributed by atoms with Gasteiger partial charge in [-0.1, -0.05) is 15.9 Å². The number of halogens is 1. The van der Waals surface area contributed by atoms with Gasteiger partial charge in [-0.2, -0.15) is 11.8 Å². The number of thioether (sulfide) groups is 1. The van der Waals surface area contributed by atoms with Crippen LogP contribution in [0, 0.1) is 0 Å². The maximum atomic E-state index is 11.2. The summed E-state index contributed by atoms with van der Waals surface area (Å²) >= 11 is 5.24. The van der Waals surface area contributed by atoms with E-state index in [-0.39, 0.29) is 10.7 Å². The summed E-state index contributed by atoms with van der Waals surface area (Å²) in [6.45, 7) is 5.90. The molecule has 14 heavy (non-hydrogen) atoms. The Hall–Kier alpha value is 0.260.